The van der Waals surface area contributed by atoms with Crippen molar-refractivity contribution in [2.24, 2.45) is 0 Å². The first-order valence-corrected chi connectivity index (χ1v) is 9.34. The molecule has 26 heavy (non-hydrogen) atoms. The molecule has 0 atom stereocenters. The van der Waals surface area contributed by atoms with Gasteiger partial charge in [-0.1, -0.05) is 61.8 Å². The van der Waals surface area contributed by atoms with Crippen LogP contribution < -0.4 is 0 Å². The summed E-state index contributed by atoms with van der Waals surface area (Å²) in [6.45, 7) is 3.69. The zero-order valence-corrected chi connectivity index (χ0v) is 16.2. The highest BCUT2D eigenvalue weighted by atomic mass is 16.5. The predicted molar refractivity (Wildman–Crippen MR) is 105 cm³/mol. The normalized spacial score (nSPS) is 11.0. The van der Waals surface area contributed by atoms with Gasteiger partial charge >= 0.3 is 11.9 Å². The van der Waals surface area contributed by atoms with Gasteiger partial charge < -0.3 is 9.47 Å². The lowest BCUT2D eigenvalue weighted by molar-refractivity contribution is -0.141. The first kappa shape index (κ1) is 23.7. The third kappa shape index (κ3) is 21.7. The first-order valence-electron chi connectivity index (χ1n) is 9.34. The standard InChI is InChI=1S/C22H32O4/c1-21(23)25-19-17-15-13-11-9-7-5-3-4-6-8-10-12-14-16-18-20-26-22(2)24/h3-4,12,14,16,18H,5-7,9,11,13,15,17,19-20H2,1-2H3. The maximum Gasteiger partial charge on any atom is 0.302 e. The molecule has 0 spiro atoms. The minimum absolute atomic E-state index is 0.189. The molecule has 0 aliphatic heterocycles. The van der Waals surface area contributed by atoms with E-state index < -0.39 is 0 Å². The summed E-state index contributed by atoms with van der Waals surface area (Å²) in [6.07, 6.45) is 20.3. The molecule has 0 aromatic carbocycles. The second-order valence-electron chi connectivity index (χ2n) is 5.84. The van der Waals surface area contributed by atoms with Crippen molar-refractivity contribution in [1.29, 1.82) is 0 Å². The molecule has 0 saturated carbocycles. The number of rotatable bonds is 13. The van der Waals surface area contributed by atoms with Gasteiger partial charge in [-0.15, -0.1) is 0 Å². The summed E-state index contributed by atoms with van der Waals surface area (Å²) >= 11 is 0. The number of hydrogen-bond acceptors (Lipinski definition) is 4. The van der Waals surface area contributed by atoms with E-state index in [0.29, 0.717) is 13.2 Å². The molecule has 144 valence electrons. The van der Waals surface area contributed by atoms with Crippen molar-refractivity contribution in [3.05, 3.63) is 36.5 Å². The summed E-state index contributed by atoms with van der Waals surface area (Å²) in [5.74, 6) is 5.54. The van der Waals surface area contributed by atoms with E-state index in [1.165, 1.54) is 39.5 Å². The molecule has 0 bridgehead atoms. The SMILES string of the molecule is CC(=O)OCC=CC=CC#CCC=CCCCCCCCCOC(C)=O. The fourth-order valence-electron chi connectivity index (χ4n) is 2.07. The molecule has 0 fully saturated rings. The van der Waals surface area contributed by atoms with Crippen molar-refractivity contribution >= 4 is 11.9 Å². The van der Waals surface area contributed by atoms with Crippen LogP contribution in [0.25, 0.3) is 0 Å². The van der Waals surface area contributed by atoms with E-state index in [0.717, 1.165) is 25.7 Å². The van der Waals surface area contributed by atoms with E-state index in [4.69, 9.17) is 9.47 Å². The minimum Gasteiger partial charge on any atom is -0.466 e. The summed E-state index contributed by atoms with van der Waals surface area (Å²) in [5.41, 5.74) is 0. The largest absolute Gasteiger partial charge is 0.466 e. The summed E-state index contributed by atoms with van der Waals surface area (Å²) in [4.78, 5) is 21.1. The van der Waals surface area contributed by atoms with Crippen molar-refractivity contribution in [3.63, 3.8) is 0 Å². The van der Waals surface area contributed by atoms with Gasteiger partial charge in [0.05, 0.1) is 6.61 Å². The lowest BCUT2D eigenvalue weighted by Crippen LogP contribution is -1.99. The monoisotopic (exact) mass is 360 g/mol. The van der Waals surface area contributed by atoms with Gasteiger partial charge in [0.2, 0.25) is 0 Å². The van der Waals surface area contributed by atoms with Gasteiger partial charge in [0, 0.05) is 20.3 Å². The van der Waals surface area contributed by atoms with Crippen LogP contribution in [0.1, 0.15) is 65.2 Å². The number of carbonyl (C=O) groups is 2. The fraction of sp³-hybridized carbons (Fsp3) is 0.545. The van der Waals surface area contributed by atoms with Gasteiger partial charge in [0.1, 0.15) is 6.61 Å². The fourth-order valence-corrected chi connectivity index (χ4v) is 2.07. The van der Waals surface area contributed by atoms with E-state index in [2.05, 4.69) is 24.0 Å². The van der Waals surface area contributed by atoms with E-state index in [9.17, 15) is 9.59 Å². The van der Waals surface area contributed by atoms with Crippen LogP contribution in [0.2, 0.25) is 0 Å². The summed E-state index contributed by atoms with van der Waals surface area (Å²) in [6, 6.07) is 0. The average Bonchev–Trinajstić information content (AvgIpc) is 2.59. The maximum atomic E-state index is 10.6. The molecule has 4 nitrogen and oxygen atoms in total. The van der Waals surface area contributed by atoms with Crippen molar-refractivity contribution < 1.29 is 19.1 Å². The Kier molecular flexibility index (Phi) is 17.4. The van der Waals surface area contributed by atoms with Crippen LogP contribution in [0.5, 0.6) is 0 Å². The van der Waals surface area contributed by atoms with Gasteiger partial charge in [-0.2, -0.15) is 0 Å². The van der Waals surface area contributed by atoms with Crippen molar-refractivity contribution in [1.82, 2.24) is 0 Å². The Morgan fingerprint density at radius 2 is 1.50 bits per heavy atom. The number of ether oxygens (including phenoxy) is 2. The van der Waals surface area contributed by atoms with Crippen LogP contribution in [0, 0.1) is 11.8 Å². The number of unbranched alkanes of at least 4 members (excludes halogenated alkanes) is 6. The molecule has 0 rings (SSSR count). The smallest absolute Gasteiger partial charge is 0.302 e. The number of allylic oxidation sites excluding steroid dienone is 5. The maximum absolute atomic E-state index is 10.6. The van der Waals surface area contributed by atoms with Crippen LogP contribution in [-0.4, -0.2) is 25.2 Å². The molecule has 0 heterocycles. The Labute approximate surface area is 158 Å². The minimum atomic E-state index is -0.276. The van der Waals surface area contributed by atoms with E-state index >= 15 is 0 Å². The van der Waals surface area contributed by atoms with Gasteiger partial charge in [-0.3, -0.25) is 9.59 Å². The van der Waals surface area contributed by atoms with Crippen molar-refractivity contribution in [2.45, 2.75) is 65.2 Å². The van der Waals surface area contributed by atoms with E-state index in [1.54, 1.807) is 12.2 Å². The average molecular weight is 360 g/mol. The Morgan fingerprint density at radius 1 is 0.808 bits per heavy atom. The van der Waals surface area contributed by atoms with Crippen LogP contribution in [-0.2, 0) is 19.1 Å². The molecule has 0 aromatic rings. The molecule has 0 unspecified atom stereocenters. The number of esters is 2. The Hall–Kier alpha value is -2.28. The zero-order chi connectivity index (χ0) is 19.3. The quantitative estimate of drug-likeness (QED) is 0.154. The molecular weight excluding hydrogens is 328 g/mol. The van der Waals surface area contributed by atoms with Crippen LogP contribution >= 0.6 is 0 Å². The summed E-state index contributed by atoms with van der Waals surface area (Å²) in [7, 11) is 0. The molecule has 0 amide bonds. The summed E-state index contributed by atoms with van der Waals surface area (Å²) in [5, 5.41) is 0. The second-order valence-corrected chi connectivity index (χ2v) is 5.84. The Morgan fingerprint density at radius 3 is 2.23 bits per heavy atom. The van der Waals surface area contributed by atoms with Crippen LogP contribution in [0.15, 0.2) is 36.5 Å². The van der Waals surface area contributed by atoms with Crippen LogP contribution in [0.3, 0.4) is 0 Å². The highest BCUT2D eigenvalue weighted by Gasteiger charge is 1.93. The highest BCUT2D eigenvalue weighted by molar-refractivity contribution is 5.66. The molecule has 0 aliphatic rings. The highest BCUT2D eigenvalue weighted by Crippen LogP contribution is 2.07. The molecule has 0 radical (unpaired) electrons. The van der Waals surface area contributed by atoms with E-state index in [1.807, 2.05) is 12.2 Å². The van der Waals surface area contributed by atoms with E-state index in [-0.39, 0.29) is 11.9 Å². The van der Waals surface area contributed by atoms with Crippen LogP contribution in [0.4, 0.5) is 0 Å². The molecule has 0 aromatic heterocycles. The number of carbonyl (C=O) groups excluding carboxylic acids is 2. The zero-order valence-electron chi connectivity index (χ0n) is 16.2. The molecule has 0 N–H and O–H groups in total. The van der Waals surface area contributed by atoms with Gasteiger partial charge in [-0.25, -0.2) is 0 Å². The van der Waals surface area contributed by atoms with Gasteiger partial charge in [0.25, 0.3) is 0 Å². The lowest BCUT2D eigenvalue weighted by Gasteiger charge is -2.01. The predicted octanol–water partition coefficient (Wildman–Crippen LogP) is 4.91. The molecule has 0 aliphatic carbocycles. The first-order chi connectivity index (χ1) is 12.6. The van der Waals surface area contributed by atoms with Crippen molar-refractivity contribution in [2.75, 3.05) is 13.2 Å². The Bertz CT molecular complexity index is 518. The molecule has 4 heteroatoms. The second kappa shape index (κ2) is 19.1. The third-order valence-corrected chi connectivity index (χ3v) is 3.37. The van der Waals surface area contributed by atoms with Crippen molar-refractivity contribution in [3.8, 4) is 11.8 Å². The molecule has 0 saturated heterocycles. The Balaban J connectivity index is 3.41. The number of hydrogen-bond donors (Lipinski definition) is 0. The topological polar surface area (TPSA) is 52.6 Å². The molecular formula is C22H32O4. The lowest BCUT2D eigenvalue weighted by atomic mass is 10.1. The van der Waals surface area contributed by atoms with Gasteiger partial charge in [0.15, 0.2) is 0 Å². The third-order valence-electron chi connectivity index (χ3n) is 3.37. The summed E-state index contributed by atoms with van der Waals surface area (Å²) < 4.78 is 9.65. The van der Waals surface area contributed by atoms with Gasteiger partial charge in [-0.05, 0) is 31.4 Å².